The molecular weight excluding hydrogens is 522 g/mol. The lowest BCUT2D eigenvalue weighted by Gasteiger charge is -2.37. The van der Waals surface area contributed by atoms with Gasteiger partial charge in [0.25, 0.3) is 5.91 Å². The van der Waals surface area contributed by atoms with E-state index in [1.54, 1.807) is 18.2 Å². The van der Waals surface area contributed by atoms with E-state index in [0.29, 0.717) is 38.5 Å². The molecule has 41 heavy (non-hydrogen) atoms. The number of fused-ring (bicyclic) bond motifs is 3. The van der Waals surface area contributed by atoms with Crippen LogP contribution in [0.1, 0.15) is 36.0 Å². The van der Waals surface area contributed by atoms with Gasteiger partial charge in [-0.15, -0.1) is 0 Å². The zero-order chi connectivity index (χ0) is 28.6. The van der Waals surface area contributed by atoms with Gasteiger partial charge in [-0.2, -0.15) is 0 Å². The molecule has 0 aromatic heterocycles. The number of phenols is 1. The second kappa shape index (κ2) is 13.8. The molecule has 1 aliphatic carbocycles. The van der Waals surface area contributed by atoms with E-state index in [2.05, 4.69) is 47.8 Å². The van der Waals surface area contributed by atoms with E-state index in [1.165, 1.54) is 28.3 Å². The molecule has 0 fully saturated rings. The molecule has 2 aliphatic rings. The fourth-order valence-electron chi connectivity index (χ4n) is 5.66. The molecule has 216 valence electrons. The van der Waals surface area contributed by atoms with Crippen LogP contribution >= 0.6 is 0 Å². The standard InChI is InChI=1S/C33H37NO7/c1-2-40-33-26(14-16-38-18-19-39-17-15-35)28(21-31(41-33)32(37)34-29-12-5-6-13-30(29)36)25-11-7-10-24-23-9-4-3-8-22(23)20-27(24)25/h3-13,21,26,28,33,35-36H,2,14-20H2,1H3,(H,34,37). The summed E-state index contributed by atoms with van der Waals surface area (Å²) in [6, 6.07) is 21.4. The van der Waals surface area contributed by atoms with Crippen molar-refractivity contribution in [3.8, 4) is 16.9 Å². The Balaban J connectivity index is 1.46. The number of allylic oxidation sites excluding steroid dienone is 1. The van der Waals surface area contributed by atoms with Gasteiger partial charge in [-0.25, -0.2) is 0 Å². The minimum absolute atomic E-state index is 0.0193. The molecule has 8 nitrogen and oxygen atoms in total. The third-order valence-electron chi connectivity index (χ3n) is 7.54. The molecule has 1 heterocycles. The molecule has 0 saturated heterocycles. The molecule has 0 radical (unpaired) electrons. The summed E-state index contributed by atoms with van der Waals surface area (Å²) in [6.45, 7) is 3.86. The lowest BCUT2D eigenvalue weighted by atomic mass is 9.78. The van der Waals surface area contributed by atoms with Crippen LogP contribution in [-0.4, -0.2) is 62.1 Å². The molecule has 1 aliphatic heterocycles. The van der Waals surface area contributed by atoms with E-state index >= 15 is 0 Å². The maximum atomic E-state index is 13.4. The summed E-state index contributed by atoms with van der Waals surface area (Å²) >= 11 is 0. The largest absolute Gasteiger partial charge is 0.506 e. The summed E-state index contributed by atoms with van der Waals surface area (Å²) in [5.74, 6) is -0.617. The number of phenolic OH excluding ortho intramolecular Hbond substituents is 1. The Morgan fingerprint density at radius 2 is 1.71 bits per heavy atom. The number of amides is 1. The SMILES string of the molecule is CCOC1OC(C(=O)Nc2ccccc2O)=CC(c2cccc3c2Cc2ccccc2-3)C1CCOCCOCCO. The van der Waals surface area contributed by atoms with Crippen LogP contribution in [0.15, 0.2) is 78.6 Å². The first-order valence-corrected chi connectivity index (χ1v) is 14.2. The number of nitrogens with one attached hydrogen (secondary N) is 1. The molecule has 3 aromatic carbocycles. The predicted octanol–water partition coefficient (Wildman–Crippen LogP) is 4.99. The smallest absolute Gasteiger partial charge is 0.290 e. The second-order valence-electron chi connectivity index (χ2n) is 10.1. The normalized spacial score (nSPS) is 19.2. The first-order chi connectivity index (χ1) is 20.1. The number of benzene rings is 3. The molecule has 1 amide bonds. The zero-order valence-electron chi connectivity index (χ0n) is 23.3. The maximum absolute atomic E-state index is 13.4. The molecule has 0 bridgehead atoms. The van der Waals surface area contributed by atoms with Crippen LogP contribution in [0.2, 0.25) is 0 Å². The average Bonchev–Trinajstić information content (AvgIpc) is 3.37. The Morgan fingerprint density at radius 1 is 0.951 bits per heavy atom. The van der Waals surface area contributed by atoms with Crippen LogP contribution in [0.25, 0.3) is 11.1 Å². The number of aliphatic hydroxyl groups is 1. The molecule has 3 aromatic rings. The van der Waals surface area contributed by atoms with Crippen LogP contribution in [-0.2, 0) is 30.2 Å². The van der Waals surface area contributed by atoms with Crippen LogP contribution in [0, 0.1) is 5.92 Å². The highest BCUT2D eigenvalue weighted by Crippen LogP contribution is 2.45. The highest BCUT2D eigenvalue weighted by molar-refractivity contribution is 6.03. The molecule has 8 heteroatoms. The number of ether oxygens (including phenoxy) is 4. The quantitative estimate of drug-likeness (QED) is 0.156. The van der Waals surface area contributed by atoms with Gasteiger partial charge in [0, 0.05) is 25.0 Å². The number of aromatic hydroxyl groups is 1. The van der Waals surface area contributed by atoms with Crippen LogP contribution in [0.4, 0.5) is 5.69 Å². The van der Waals surface area contributed by atoms with Gasteiger partial charge in [0.2, 0.25) is 6.29 Å². The summed E-state index contributed by atoms with van der Waals surface area (Å²) in [5.41, 5.74) is 6.42. The number of hydrogen-bond donors (Lipinski definition) is 3. The number of rotatable bonds is 13. The molecule has 5 rings (SSSR count). The van der Waals surface area contributed by atoms with Crippen molar-refractivity contribution in [2.45, 2.75) is 32.0 Å². The summed E-state index contributed by atoms with van der Waals surface area (Å²) in [5, 5.41) is 21.9. The van der Waals surface area contributed by atoms with Crippen molar-refractivity contribution in [2.75, 3.05) is 45.0 Å². The van der Waals surface area contributed by atoms with E-state index in [-0.39, 0.29) is 36.6 Å². The fraction of sp³-hybridized carbons (Fsp3) is 0.364. The Labute approximate surface area is 240 Å². The van der Waals surface area contributed by atoms with Gasteiger partial charge in [-0.3, -0.25) is 4.79 Å². The number of para-hydroxylation sites is 2. The highest BCUT2D eigenvalue weighted by atomic mass is 16.7. The van der Waals surface area contributed by atoms with E-state index in [1.807, 2.05) is 13.0 Å². The van der Waals surface area contributed by atoms with E-state index in [9.17, 15) is 9.90 Å². The molecule has 0 saturated carbocycles. The summed E-state index contributed by atoms with van der Waals surface area (Å²) in [6.07, 6.45) is 2.67. The molecular formula is C33H37NO7. The van der Waals surface area contributed by atoms with Crippen LogP contribution in [0.5, 0.6) is 5.75 Å². The fourth-order valence-corrected chi connectivity index (χ4v) is 5.66. The van der Waals surface area contributed by atoms with E-state index in [0.717, 1.165) is 12.0 Å². The highest BCUT2D eigenvalue weighted by Gasteiger charge is 2.39. The van der Waals surface area contributed by atoms with Crippen molar-refractivity contribution in [1.82, 2.24) is 0 Å². The van der Waals surface area contributed by atoms with Crippen molar-refractivity contribution in [2.24, 2.45) is 5.92 Å². The van der Waals surface area contributed by atoms with E-state index in [4.69, 9.17) is 24.1 Å². The van der Waals surface area contributed by atoms with Crippen molar-refractivity contribution in [1.29, 1.82) is 0 Å². The zero-order valence-corrected chi connectivity index (χ0v) is 23.3. The maximum Gasteiger partial charge on any atom is 0.290 e. The van der Waals surface area contributed by atoms with Crippen molar-refractivity contribution in [3.05, 3.63) is 95.3 Å². The van der Waals surface area contributed by atoms with Gasteiger partial charge in [-0.1, -0.05) is 54.6 Å². The summed E-state index contributed by atoms with van der Waals surface area (Å²) in [4.78, 5) is 13.4. The Morgan fingerprint density at radius 3 is 2.51 bits per heavy atom. The molecule has 3 atom stereocenters. The van der Waals surface area contributed by atoms with Gasteiger partial charge >= 0.3 is 0 Å². The van der Waals surface area contributed by atoms with Crippen molar-refractivity contribution < 1.29 is 34.0 Å². The van der Waals surface area contributed by atoms with Crippen LogP contribution in [0.3, 0.4) is 0 Å². The Kier molecular flexibility index (Phi) is 9.69. The molecule has 3 N–H and O–H groups in total. The number of carbonyl (C=O) groups excluding carboxylic acids is 1. The van der Waals surface area contributed by atoms with Gasteiger partial charge in [0.15, 0.2) is 5.76 Å². The first kappa shape index (κ1) is 28.8. The Bertz CT molecular complexity index is 1370. The first-order valence-electron chi connectivity index (χ1n) is 14.2. The van der Waals surface area contributed by atoms with E-state index < -0.39 is 12.2 Å². The Hall–Kier alpha value is -3.69. The molecule has 3 unspecified atom stereocenters. The van der Waals surface area contributed by atoms with Crippen LogP contribution < -0.4 is 5.32 Å². The number of anilines is 1. The van der Waals surface area contributed by atoms with Gasteiger partial charge in [0.05, 0.1) is 32.1 Å². The number of hydrogen-bond acceptors (Lipinski definition) is 7. The monoisotopic (exact) mass is 559 g/mol. The minimum atomic E-state index is -0.672. The third kappa shape index (κ3) is 6.63. The average molecular weight is 560 g/mol. The van der Waals surface area contributed by atoms with Crippen molar-refractivity contribution >= 4 is 11.6 Å². The van der Waals surface area contributed by atoms with Crippen molar-refractivity contribution in [3.63, 3.8) is 0 Å². The topological polar surface area (TPSA) is 106 Å². The summed E-state index contributed by atoms with van der Waals surface area (Å²) < 4.78 is 23.5. The lowest BCUT2D eigenvalue weighted by molar-refractivity contribution is -0.166. The summed E-state index contributed by atoms with van der Waals surface area (Å²) in [7, 11) is 0. The van der Waals surface area contributed by atoms with Gasteiger partial charge in [-0.05, 0) is 65.8 Å². The minimum Gasteiger partial charge on any atom is -0.506 e. The number of aliphatic hydroxyl groups excluding tert-OH is 1. The third-order valence-corrected chi connectivity index (χ3v) is 7.54. The van der Waals surface area contributed by atoms with Gasteiger partial charge in [0.1, 0.15) is 5.75 Å². The predicted molar refractivity (Wildman–Crippen MR) is 156 cm³/mol. The number of carbonyl (C=O) groups is 1. The second-order valence-corrected chi connectivity index (χ2v) is 10.1. The lowest BCUT2D eigenvalue weighted by Crippen LogP contribution is -2.38. The molecule has 0 spiro atoms. The van der Waals surface area contributed by atoms with Gasteiger partial charge < -0.3 is 34.5 Å².